The van der Waals surface area contributed by atoms with E-state index in [0.29, 0.717) is 11.6 Å². The summed E-state index contributed by atoms with van der Waals surface area (Å²) >= 11 is 1.48. The largest absolute Gasteiger partial charge is 0.496 e. The van der Waals surface area contributed by atoms with E-state index in [4.69, 9.17) is 4.74 Å². The van der Waals surface area contributed by atoms with Gasteiger partial charge in [-0.15, -0.1) is 16.9 Å². The Hall–Kier alpha value is -3.58. The highest BCUT2D eigenvalue weighted by molar-refractivity contribution is 8.00. The molecule has 0 fully saturated rings. The minimum Gasteiger partial charge on any atom is -0.496 e. The highest BCUT2D eigenvalue weighted by Gasteiger charge is 2.23. The third kappa shape index (κ3) is 4.52. The number of anilines is 1. The van der Waals surface area contributed by atoms with Crippen LogP contribution in [0, 0.1) is 0 Å². The number of methoxy groups -OCH3 is 1. The Labute approximate surface area is 178 Å². The van der Waals surface area contributed by atoms with E-state index < -0.39 is 5.25 Å². The standard InChI is InChI=1S/C23H20N4O2S/c1-29-19-15-9-8-14-18(19)21-24-23(27-26-21)25-22(28)20(16-10-4-2-5-11-16)30-17-12-6-3-7-13-17/h2-15,20H,1H3,(H2,24,25,26,27,28). The van der Waals surface area contributed by atoms with Gasteiger partial charge in [0.1, 0.15) is 11.0 Å². The highest BCUT2D eigenvalue weighted by Crippen LogP contribution is 2.36. The van der Waals surface area contributed by atoms with E-state index in [-0.39, 0.29) is 11.9 Å². The van der Waals surface area contributed by atoms with Gasteiger partial charge >= 0.3 is 0 Å². The maximum Gasteiger partial charge on any atom is 0.249 e. The zero-order valence-electron chi connectivity index (χ0n) is 16.3. The lowest BCUT2D eigenvalue weighted by molar-refractivity contribution is -0.115. The van der Waals surface area contributed by atoms with Crippen molar-refractivity contribution in [2.75, 3.05) is 12.4 Å². The van der Waals surface area contributed by atoms with E-state index >= 15 is 0 Å². The molecule has 4 aromatic rings. The van der Waals surface area contributed by atoms with Gasteiger partial charge in [0.2, 0.25) is 11.9 Å². The molecule has 1 atom stereocenters. The maximum absolute atomic E-state index is 13.1. The molecule has 0 aliphatic carbocycles. The Morgan fingerprint density at radius 2 is 1.63 bits per heavy atom. The third-order valence-electron chi connectivity index (χ3n) is 4.42. The number of hydrogen-bond donors (Lipinski definition) is 2. The first-order valence-corrected chi connectivity index (χ1v) is 10.3. The number of H-pyrrole nitrogens is 1. The number of amides is 1. The SMILES string of the molecule is COc1ccccc1-c1nc(NC(=O)C(Sc2ccccc2)c2ccccc2)n[nH]1. The number of aromatic nitrogens is 3. The summed E-state index contributed by atoms with van der Waals surface area (Å²) in [6, 6.07) is 27.0. The Bertz CT molecular complexity index is 1120. The Morgan fingerprint density at radius 3 is 2.37 bits per heavy atom. The average Bonchev–Trinajstić information content (AvgIpc) is 3.27. The van der Waals surface area contributed by atoms with Crippen molar-refractivity contribution >= 4 is 23.6 Å². The van der Waals surface area contributed by atoms with Crippen molar-refractivity contribution in [3.05, 3.63) is 90.5 Å². The van der Waals surface area contributed by atoms with Crippen molar-refractivity contribution in [1.29, 1.82) is 0 Å². The highest BCUT2D eigenvalue weighted by atomic mass is 32.2. The Morgan fingerprint density at radius 1 is 0.967 bits per heavy atom. The number of thioether (sulfide) groups is 1. The van der Waals surface area contributed by atoms with E-state index in [1.54, 1.807) is 7.11 Å². The predicted octanol–water partition coefficient (Wildman–Crippen LogP) is 4.95. The maximum atomic E-state index is 13.1. The van der Waals surface area contributed by atoms with Crippen LogP contribution in [0.15, 0.2) is 89.8 Å². The molecule has 0 saturated carbocycles. The molecule has 7 heteroatoms. The van der Waals surface area contributed by atoms with Gasteiger partial charge in [0.05, 0.1) is 12.7 Å². The van der Waals surface area contributed by atoms with Gasteiger partial charge < -0.3 is 4.74 Å². The third-order valence-corrected chi connectivity index (χ3v) is 5.69. The fraction of sp³-hybridized carbons (Fsp3) is 0.0870. The minimum absolute atomic E-state index is 0.194. The van der Waals surface area contributed by atoms with Crippen molar-refractivity contribution in [2.24, 2.45) is 0 Å². The molecule has 1 aromatic heterocycles. The van der Waals surface area contributed by atoms with Crippen LogP contribution in [0.3, 0.4) is 0 Å². The van der Waals surface area contributed by atoms with Crippen molar-refractivity contribution in [3.63, 3.8) is 0 Å². The van der Waals surface area contributed by atoms with Crippen molar-refractivity contribution in [3.8, 4) is 17.1 Å². The number of hydrogen-bond acceptors (Lipinski definition) is 5. The molecule has 0 aliphatic heterocycles. The zero-order chi connectivity index (χ0) is 20.8. The number of carbonyl (C=O) groups excluding carboxylic acids is 1. The molecule has 0 aliphatic rings. The molecule has 0 bridgehead atoms. The van der Waals surface area contributed by atoms with Gasteiger partial charge in [0.15, 0.2) is 5.82 Å². The molecule has 0 spiro atoms. The fourth-order valence-corrected chi connectivity index (χ4v) is 4.04. The van der Waals surface area contributed by atoms with Gasteiger partial charge in [0, 0.05) is 4.90 Å². The number of benzene rings is 3. The van der Waals surface area contributed by atoms with E-state index in [9.17, 15) is 4.79 Å². The molecular weight excluding hydrogens is 396 g/mol. The number of nitrogens with one attached hydrogen (secondary N) is 2. The minimum atomic E-state index is -0.443. The molecule has 3 aromatic carbocycles. The van der Waals surface area contributed by atoms with Gasteiger partial charge in [-0.1, -0.05) is 60.7 Å². The molecule has 0 saturated heterocycles. The topological polar surface area (TPSA) is 79.9 Å². The Kier molecular flexibility index (Phi) is 6.10. The molecule has 1 unspecified atom stereocenters. The second-order valence-corrected chi connectivity index (χ2v) is 7.60. The number of nitrogens with zero attached hydrogens (tertiary/aromatic N) is 2. The monoisotopic (exact) mass is 416 g/mol. The zero-order valence-corrected chi connectivity index (χ0v) is 17.1. The molecular formula is C23H20N4O2S. The van der Waals surface area contributed by atoms with E-state index in [0.717, 1.165) is 16.0 Å². The molecule has 1 heterocycles. The lowest BCUT2D eigenvalue weighted by Crippen LogP contribution is -2.19. The van der Waals surface area contributed by atoms with Gasteiger partial charge in [-0.05, 0) is 29.8 Å². The quantitative estimate of drug-likeness (QED) is 0.417. The molecule has 4 rings (SSSR count). The van der Waals surface area contributed by atoms with Crippen molar-refractivity contribution in [2.45, 2.75) is 10.1 Å². The summed E-state index contributed by atoms with van der Waals surface area (Å²) in [6.07, 6.45) is 0. The van der Waals surface area contributed by atoms with Crippen LogP contribution in [0.4, 0.5) is 5.95 Å². The molecule has 2 N–H and O–H groups in total. The first-order valence-electron chi connectivity index (χ1n) is 9.38. The second-order valence-electron chi connectivity index (χ2n) is 6.42. The summed E-state index contributed by atoms with van der Waals surface area (Å²) < 4.78 is 5.37. The summed E-state index contributed by atoms with van der Waals surface area (Å²) in [4.78, 5) is 18.6. The summed E-state index contributed by atoms with van der Waals surface area (Å²) in [5.41, 5.74) is 1.68. The Balaban J connectivity index is 1.56. The molecule has 30 heavy (non-hydrogen) atoms. The molecule has 0 radical (unpaired) electrons. The van der Waals surface area contributed by atoms with Crippen LogP contribution in [0.1, 0.15) is 10.8 Å². The fourth-order valence-electron chi connectivity index (χ4n) is 2.99. The summed E-state index contributed by atoms with van der Waals surface area (Å²) in [5.74, 6) is 1.22. The number of para-hydroxylation sites is 1. The van der Waals surface area contributed by atoms with Crippen LogP contribution in [-0.4, -0.2) is 28.2 Å². The number of carbonyl (C=O) groups is 1. The van der Waals surface area contributed by atoms with E-state index in [1.807, 2.05) is 84.9 Å². The number of ether oxygens (including phenoxy) is 1. The number of rotatable bonds is 7. The van der Waals surface area contributed by atoms with Crippen molar-refractivity contribution in [1.82, 2.24) is 15.2 Å². The van der Waals surface area contributed by atoms with E-state index in [1.165, 1.54) is 11.8 Å². The lowest BCUT2D eigenvalue weighted by Gasteiger charge is -2.16. The number of aromatic amines is 1. The first-order chi connectivity index (χ1) is 14.7. The lowest BCUT2D eigenvalue weighted by atomic mass is 10.1. The summed E-state index contributed by atoms with van der Waals surface area (Å²) in [7, 11) is 1.60. The summed E-state index contributed by atoms with van der Waals surface area (Å²) in [6.45, 7) is 0. The summed E-state index contributed by atoms with van der Waals surface area (Å²) in [5, 5.41) is 9.42. The molecule has 150 valence electrons. The predicted molar refractivity (Wildman–Crippen MR) is 118 cm³/mol. The van der Waals surface area contributed by atoms with E-state index in [2.05, 4.69) is 20.5 Å². The smallest absolute Gasteiger partial charge is 0.249 e. The molecule has 1 amide bonds. The normalized spacial score (nSPS) is 11.6. The van der Waals surface area contributed by atoms with Crippen molar-refractivity contribution < 1.29 is 9.53 Å². The van der Waals surface area contributed by atoms with Gasteiger partial charge in [-0.2, -0.15) is 4.98 Å². The molecule has 6 nitrogen and oxygen atoms in total. The van der Waals surface area contributed by atoms with Gasteiger partial charge in [-0.3, -0.25) is 15.2 Å². The van der Waals surface area contributed by atoms with Crippen LogP contribution in [0.5, 0.6) is 5.75 Å². The van der Waals surface area contributed by atoms with Crippen LogP contribution in [0.25, 0.3) is 11.4 Å². The van der Waals surface area contributed by atoms with Crippen LogP contribution in [-0.2, 0) is 4.79 Å². The van der Waals surface area contributed by atoms with Gasteiger partial charge in [0.25, 0.3) is 0 Å². The first kappa shape index (κ1) is 19.7. The van der Waals surface area contributed by atoms with Crippen LogP contribution >= 0.6 is 11.8 Å². The van der Waals surface area contributed by atoms with Gasteiger partial charge in [-0.25, -0.2) is 0 Å². The van der Waals surface area contributed by atoms with Crippen LogP contribution in [0.2, 0.25) is 0 Å². The average molecular weight is 417 g/mol. The van der Waals surface area contributed by atoms with Crippen LogP contribution < -0.4 is 10.1 Å². The second kappa shape index (κ2) is 9.28.